The summed E-state index contributed by atoms with van der Waals surface area (Å²) in [4.78, 5) is 24.2. The van der Waals surface area contributed by atoms with Gasteiger partial charge in [0.15, 0.2) is 0 Å². The van der Waals surface area contributed by atoms with Crippen LogP contribution in [0.5, 0.6) is 0 Å². The second-order valence-corrected chi connectivity index (χ2v) is 6.91. The Morgan fingerprint density at radius 3 is 2.45 bits per heavy atom. The van der Waals surface area contributed by atoms with Crippen molar-refractivity contribution in [2.24, 2.45) is 11.8 Å². The van der Waals surface area contributed by atoms with Crippen LogP contribution in [-0.4, -0.2) is 62.9 Å². The van der Waals surface area contributed by atoms with Gasteiger partial charge in [0, 0.05) is 26.2 Å². The van der Waals surface area contributed by atoms with E-state index in [-0.39, 0.29) is 25.0 Å². The first kappa shape index (κ1) is 16.7. The number of likely N-dealkylation sites (tertiary alicyclic amines) is 1. The highest BCUT2D eigenvalue weighted by Gasteiger charge is 2.36. The van der Waals surface area contributed by atoms with Crippen molar-refractivity contribution >= 4 is 22.0 Å². The Balaban J connectivity index is 2.26. The Kier molecular flexibility index (Phi) is 5.75. The predicted molar refractivity (Wildman–Crippen MR) is 72.7 cm³/mol. The fourth-order valence-corrected chi connectivity index (χ4v) is 2.62. The number of aliphatic carboxylic acids is 1. The Hall–Kier alpha value is -1.35. The third-order valence-electron chi connectivity index (χ3n) is 3.21. The molecule has 0 bridgehead atoms. The molecule has 2 unspecified atom stereocenters. The quantitative estimate of drug-likeness (QED) is 0.561. The van der Waals surface area contributed by atoms with E-state index >= 15 is 0 Å². The van der Waals surface area contributed by atoms with Crippen molar-refractivity contribution in [2.45, 2.75) is 13.3 Å². The first-order valence-corrected chi connectivity index (χ1v) is 8.30. The molecule has 0 aliphatic carbocycles. The molecular weight excluding hydrogens is 286 g/mol. The van der Waals surface area contributed by atoms with Gasteiger partial charge in [0.05, 0.1) is 12.2 Å². The largest absolute Gasteiger partial charge is 0.481 e. The molecule has 0 aromatic carbocycles. The van der Waals surface area contributed by atoms with E-state index < -0.39 is 21.9 Å². The molecule has 0 spiro atoms. The summed E-state index contributed by atoms with van der Waals surface area (Å²) in [5.74, 6) is -1.47. The average molecular weight is 307 g/mol. The Labute approximate surface area is 118 Å². The maximum atomic E-state index is 11.8. The van der Waals surface area contributed by atoms with Crippen LogP contribution in [0.2, 0.25) is 0 Å². The highest BCUT2D eigenvalue weighted by atomic mass is 32.2. The van der Waals surface area contributed by atoms with Crippen LogP contribution >= 0.6 is 0 Å². The number of nitrogens with one attached hydrogen (secondary N) is 2. The van der Waals surface area contributed by atoms with E-state index in [9.17, 15) is 18.0 Å². The highest BCUT2D eigenvalue weighted by molar-refractivity contribution is 7.88. The Morgan fingerprint density at radius 1 is 1.30 bits per heavy atom. The molecule has 1 aliphatic heterocycles. The lowest BCUT2D eigenvalue weighted by Gasteiger charge is -2.16. The molecule has 0 radical (unpaired) electrons. The first-order chi connectivity index (χ1) is 9.20. The number of urea groups is 1. The molecule has 3 N–H and O–H groups in total. The maximum Gasteiger partial charge on any atom is 0.317 e. The second kappa shape index (κ2) is 6.89. The maximum absolute atomic E-state index is 11.8. The van der Waals surface area contributed by atoms with Crippen molar-refractivity contribution in [1.29, 1.82) is 0 Å². The predicted octanol–water partition coefficient (Wildman–Crippen LogP) is -0.712. The topological polar surface area (TPSA) is 116 Å². The van der Waals surface area contributed by atoms with Crippen molar-refractivity contribution < 1.29 is 23.1 Å². The smallest absolute Gasteiger partial charge is 0.317 e. The van der Waals surface area contributed by atoms with Gasteiger partial charge in [0.2, 0.25) is 10.0 Å². The molecule has 1 aliphatic rings. The normalized spacial score (nSPS) is 22.8. The monoisotopic (exact) mass is 307 g/mol. The van der Waals surface area contributed by atoms with Crippen molar-refractivity contribution in [3.05, 3.63) is 0 Å². The minimum absolute atomic E-state index is 0.0647. The lowest BCUT2D eigenvalue weighted by molar-refractivity contribution is -0.142. The molecule has 20 heavy (non-hydrogen) atoms. The lowest BCUT2D eigenvalue weighted by Crippen LogP contribution is -2.40. The van der Waals surface area contributed by atoms with Gasteiger partial charge in [-0.3, -0.25) is 4.79 Å². The van der Waals surface area contributed by atoms with E-state index in [4.69, 9.17) is 5.11 Å². The summed E-state index contributed by atoms with van der Waals surface area (Å²) in [6.45, 7) is 3.04. The van der Waals surface area contributed by atoms with Crippen molar-refractivity contribution in [3.63, 3.8) is 0 Å². The first-order valence-electron chi connectivity index (χ1n) is 6.41. The SMILES string of the molecule is CC1CN(C(=O)NCCCNS(C)(=O)=O)CC1C(=O)O. The van der Waals surface area contributed by atoms with Crippen molar-refractivity contribution in [2.75, 3.05) is 32.4 Å². The van der Waals surface area contributed by atoms with Gasteiger partial charge in [0.25, 0.3) is 0 Å². The molecule has 1 heterocycles. The van der Waals surface area contributed by atoms with E-state index in [1.165, 1.54) is 4.90 Å². The summed E-state index contributed by atoms with van der Waals surface area (Å²) in [7, 11) is -3.20. The number of nitrogens with zero attached hydrogens (tertiary/aromatic N) is 1. The summed E-state index contributed by atoms with van der Waals surface area (Å²) < 4.78 is 23.9. The van der Waals surface area contributed by atoms with Gasteiger partial charge in [-0.25, -0.2) is 17.9 Å². The van der Waals surface area contributed by atoms with Crippen LogP contribution in [0, 0.1) is 11.8 Å². The van der Waals surface area contributed by atoms with Gasteiger partial charge in [-0.2, -0.15) is 0 Å². The highest BCUT2D eigenvalue weighted by Crippen LogP contribution is 2.22. The number of hydrogen-bond donors (Lipinski definition) is 3. The summed E-state index contributed by atoms with van der Waals surface area (Å²) in [6.07, 6.45) is 1.55. The molecule has 0 aromatic heterocycles. The zero-order chi connectivity index (χ0) is 15.3. The van der Waals surface area contributed by atoms with Gasteiger partial charge in [-0.05, 0) is 12.3 Å². The standard InChI is InChI=1S/C11H21N3O5S/c1-8-6-14(7-9(8)10(15)16)11(17)12-4-3-5-13-20(2,18)19/h8-9,13H,3-7H2,1-2H3,(H,12,17)(H,15,16). The molecule has 0 saturated carbocycles. The van der Waals surface area contributed by atoms with Crippen LogP contribution in [0.25, 0.3) is 0 Å². The minimum Gasteiger partial charge on any atom is -0.481 e. The van der Waals surface area contributed by atoms with Gasteiger partial charge < -0.3 is 15.3 Å². The van der Waals surface area contributed by atoms with Crippen molar-refractivity contribution in [1.82, 2.24) is 14.9 Å². The fourth-order valence-electron chi connectivity index (χ4n) is 2.11. The molecule has 116 valence electrons. The minimum atomic E-state index is -3.20. The van der Waals surface area contributed by atoms with E-state index in [0.717, 1.165) is 6.26 Å². The fraction of sp³-hybridized carbons (Fsp3) is 0.818. The van der Waals surface area contributed by atoms with Gasteiger partial charge in [-0.1, -0.05) is 6.92 Å². The summed E-state index contributed by atoms with van der Waals surface area (Å²) in [5, 5.41) is 11.6. The molecule has 1 fully saturated rings. The third kappa shape index (κ3) is 5.33. The number of carbonyl (C=O) groups is 2. The molecule has 1 saturated heterocycles. The molecule has 2 amide bonds. The number of sulfonamides is 1. The van der Waals surface area contributed by atoms with Crippen LogP contribution in [0.3, 0.4) is 0 Å². The zero-order valence-corrected chi connectivity index (χ0v) is 12.4. The number of hydrogen-bond acceptors (Lipinski definition) is 4. The third-order valence-corrected chi connectivity index (χ3v) is 3.94. The summed E-state index contributed by atoms with van der Waals surface area (Å²) in [6, 6.07) is -0.306. The Morgan fingerprint density at radius 2 is 1.95 bits per heavy atom. The molecule has 9 heteroatoms. The van der Waals surface area contributed by atoms with Crippen LogP contribution in [-0.2, 0) is 14.8 Å². The molecule has 1 rings (SSSR count). The van der Waals surface area contributed by atoms with Crippen molar-refractivity contribution in [3.8, 4) is 0 Å². The van der Waals surface area contributed by atoms with E-state index in [0.29, 0.717) is 19.5 Å². The average Bonchev–Trinajstić information content (AvgIpc) is 2.69. The van der Waals surface area contributed by atoms with E-state index in [1.54, 1.807) is 0 Å². The number of carbonyl (C=O) groups excluding carboxylic acids is 1. The second-order valence-electron chi connectivity index (χ2n) is 5.08. The molecule has 2 atom stereocenters. The van der Waals surface area contributed by atoms with E-state index in [1.807, 2.05) is 6.92 Å². The zero-order valence-electron chi connectivity index (χ0n) is 11.6. The Bertz CT molecular complexity index is 465. The van der Waals surface area contributed by atoms with Gasteiger partial charge in [-0.15, -0.1) is 0 Å². The van der Waals surface area contributed by atoms with E-state index in [2.05, 4.69) is 10.0 Å². The number of carboxylic acids is 1. The molecular formula is C11H21N3O5S. The van der Waals surface area contributed by atoms with Gasteiger partial charge in [0.1, 0.15) is 0 Å². The van der Waals surface area contributed by atoms with Crippen LogP contribution < -0.4 is 10.0 Å². The summed E-state index contributed by atoms with van der Waals surface area (Å²) in [5.41, 5.74) is 0. The van der Waals surface area contributed by atoms with Gasteiger partial charge >= 0.3 is 12.0 Å². The molecule has 0 aromatic rings. The van der Waals surface area contributed by atoms with Crippen LogP contribution in [0.15, 0.2) is 0 Å². The number of amides is 2. The number of carboxylic acid groups (broad SMARTS) is 1. The lowest BCUT2D eigenvalue weighted by atomic mass is 9.99. The molecule has 8 nitrogen and oxygen atoms in total. The summed E-state index contributed by atoms with van der Waals surface area (Å²) >= 11 is 0. The van der Waals surface area contributed by atoms with Crippen LogP contribution in [0.4, 0.5) is 4.79 Å². The van der Waals surface area contributed by atoms with Crippen LogP contribution in [0.1, 0.15) is 13.3 Å². The number of rotatable bonds is 6.